The van der Waals surface area contributed by atoms with E-state index in [1.54, 1.807) is 43.5 Å². The molecule has 0 saturated carbocycles. The van der Waals surface area contributed by atoms with Crippen LogP contribution in [0.2, 0.25) is 0 Å². The van der Waals surface area contributed by atoms with Gasteiger partial charge in [-0.25, -0.2) is 4.39 Å². The van der Waals surface area contributed by atoms with Gasteiger partial charge in [0, 0.05) is 5.56 Å². The van der Waals surface area contributed by atoms with Gasteiger partial charge in [-0.3, -0.25) is 4.79 Å². The SMILES string of the molecule is COc1ccc(-c2c(-c3ccc(F)cc3)noc2CC(=O)O)cc1. The second kappa shape index (κ2) is 6.54. The molecule has 0 unspecified atom stereocenters. The van der Waals surface area contributed by atoms with Crippen LogP contribution in [0.25, 0.3) is 22.4 Å². The summed E-state index contributed by atoms with van der Waals surface area (Å²) in [6, 6.07) is 12.9. The molecule has 0 atom stereocenters. The Bertz CT molecular complexity index is 854. The summed E-state index contributed by atoms with van der Waals surface area (Å²) in [5, 5.41) is 13.1. The molecule has 2 aromatic carbocycles. The second-order valence-electron chi connectivity index (χ2n) is 5.14. The number of methoxy groups -OCH3 is 1. The maximum atomic E-state index is 13.2. The van der Waals surface area contributed by atoms with Crippen LogP contribution in [0.5, 0.6) is 5.75 Å². The van der Waals surface area contributed by atoms with Crippen LogP contribution in [-0.4, -0.2) is 23.3 Å². The van der Waals surface area contributed by atoms with Gasteiger partial charge in [-0.2, -0.15) is 0 Å². The predicted octanol–water partition coefficient (Wildman–Crippen LogP) is 3.78. The fraction of sp³-hybridized carbons (Fsp3) is 0.111. The van der Waals surface area contributed by atoms with E-state index >= 15 is 0 Å². The Labute approximate surface area is 137 Å². The highest BCUT2D eigenvalue weighted by Gasteiger charge is 2.21. The minimum Gasteiger partial charge on any atom is -0.497 e. The van der Waals surface area contributed by atoms with Gasteiger partial charge in [-0.05, 0) is 42.0 Å². The van der Waals surface area contributed by atoms with E-state index in [-0.39, 0.29) is 18.0 Å². The molecule has 1 N–H and O–H groups in total. The zero-order valence-corrected chi connectivity index (χ0v) is 12.8. The molecule has 0 radical (unpaired) electrons. The number of benzene rings is 2. The largest absolute Gasteiger partial charge is 0.497 e. The Morgan fingerprint density at radius 3 is 2.33 bits per heavy atom. The van der Waals surface area contributed by atoms with E-state index in [4.69, 9.17) is 14.4 Å². The van der Waals surface area contributed by atoms with E-state index in [2.05, 4.69) is 5.16 Å². The highest BCUT2D eigenvalue weighted by molar-refractivity contribution is 5.84. The summed E-state index contributed by atoms with van der Waals surface area (Å²) in [6.45, 7) is 0. The molecular formula is C18H14FNO4. The van der Waals surface area contributed by atoms with Gasteiger partial charge in [0.05, 0.1) is 12.7 Å². The van der Waals surface area contributed by atoms with E-state index < -0.39 is 5.97 Å². The van der Waals surface area contributed by atoms with Crippen molar-refractivity contribution in [2.45, 2.75) is 6.42 Å². The third kappa shape index (κ3) is 3.12. The van der Waals surface area contributed by atoms with Gasteiger partial charge in [0.25, 0.3) is 0 Å². The first-order chi connectivity index (χ1) is 11.6. The van der Waals surface area contributed by atoms with Crippen molar-refractivity contribution in [2.24, 2.45) is 0 Å². The summed E-state index contributed by atoms with van der Waals surface area (Å²) in [6.07, 6.45) is -0.296. The molecule has 0 aliphatic rings. The van der Waals surface area contributed by atoms with Gasteiger partial charge < -0.3 is 14.4 Å². The Kier molecular flexibility index (Phi) is 4.29. The minimum absolute atomic E-state index is 0.243. The van der Waals surface area contributed by atoms with Crippen LogP contribution in [0.4, 0.5) is 4.39 Å². The summed E-state index contributed by atoms with van der Waals surface area (Å²) >= 11 is 0. The molecular weight excluding hydrogens is 313 g/mol. The van der Waals surface area contributed by atoms with Gasteiger partial charge in [0.1, 0.15) is 23.7 Å². The number of aliphatic carboxylic acids is 1. The number of carboxylic acids is 1. The van der Waals surface area contributed by atoms with Gasteiger partial charge in [-0.15, -0.1) is 0 Å². The Morgan fingerprint density at radius 1 is 1.12 bits per heavy atom. The number of halogens is 1. The van der Waals surface area contributed by atoms with Crippen LogP contribution in [0.3, 0.4) is 0 Å². The quantitative estimate of drug-likeness (QED) is 0.772. The first-order valence-electron chi connectivity index (χ1n) is 7.19. The number of aromatic nitrogens is 1. The van der Waals surface area contributed by atoms with Gasteiger partial charge >= 0.3 is 5.97 Å². The molecule has 0 spiro atoms. The molecule has 5 nitrogen and oxygen atoms in total. The predicted molar refractivity (Wildman–Crippen MR) is 85.2 cm³/mol. The van der Waals surface area contributed by atoms with Gasteiger partial charge in [0.15, 0.2) is 5.76 Å². The first kappa shape index (κ1) is 15.7. The van der Waals surface area contributed by atoms with E-state index in [1.165, 1.54) is 12.1 Å². The standard InChI is InChI=1S/C18H14FNO4/c1-23-14-8-4-11(5-9-14)17-15(10-16(21)22)24-20-18(17)12-2-6-13(19)7-3-12/h2-9H,10H2,1H3,(H,21,22). The normalized spacial score (nSPS) is 10.6. The topological polar surface area (TPSA) is 72.6 Å². The number of rotatable bonds is 5. The minimum atomic E-state index is -1.02. The van der Waals surface area contributed by atoms with Crippen LogP contribution in [0.1, 0.15) is 5.76 Å². The number of nitrogens with zero attached hydrogens (tertiary/aromatic N) is 1. The molecule has 0 saturated heterocycles. The van der Waals surface area contributed by atoms with E-state index in [1.807, 2.05) is 0 Å². The molecule has 0 amide bonds. The van der Waals surface area contributed by atoms with E-state index in [0.717, 1.165) is 5.56 Å². The van der Waals surface area contributed by atoms with Crippen molar-refractivity contribution < 1.29 is 23.6 Å². The van der Waals surface area contributed by atoms with Crippen molar-refractivity contribution in [3.05, 3.63) is 60.1 Å². The van der Waals surface area contributed by atoms with Crippen molar-refractivity contribution in [3.8, 4) is 28.1 Å². The molecule has 3 aromatic rings. The number of hydrogen-bond donors (Lipinski definition) is 1. The maximum Gasteiger partial charge on any atom is 0.311 e. The van der Waals surface area contributed by atoms with Crippen molar-refractivity contribution in [1.82, 2.24) is 5.16 Å². The van der Waals surface area contributed by atoms with Crippen LogP contribution >= 0.6 is 0 Å². The highest BCUT2D eigenvalue weighted by Crippen LogP contribution is 2.35. The first-order valence-corrected chi connectivity index (χ1v) is 7.19. The summed E-state index contributed by atoms with van der Waals surface area (Å²) in [4.78, 5) is 11.1. The monoisotopic (exact) mass is 327 g/mol. The molecule has 6 heteroatoms. The molecule has 122 valence electrons. The Hall–Kier alpha value is -3.15. The number of hydrogen-bond acceptors (Lipinski definition) is 4. The lowest BCUT2D eigenvalue weighted by Crippen LogP contribution is -2.00. The zero-order chi connectivity index (χ0) is 17.1. The Balaban J connectivity index is 2.13. The summed E-state index contributed by atoms with van der Waals surface area (Å²) in [5.74, 6) is -0.462. The van der Waals surface area contributed by atoms with Crippen LogP contribution in [-0.2, 0) is 11.2 Å². The fourth-order valence-electron chi connectivity index (χ4n) is 2.44. The van der Waals surface area contributed by atoms with Crippen LogP contribution < -0.4 is 4.74 Å². The molecule has 1 heterocycles. The molecule has 1 aromatic heterocycles. The number of carboxylic acid groups (broad SMARTS) is 1. The van der Waals surface area contributed by atoms with Crippen molar-refractivity contribution in [1.29, 1.82) is 0 Å². The zero-order valence-electron chi connectivity index (χ0n) is 12.8. The average molecular weight is 327 g/mol. The average Bonchev–Trinajstić information content (AvgIpc) is 2.98. The molecule has 0 aliphatic carbocycles. The summed E-state index contributed by atoms with van der Waals surface area (Å²) in [5.41, 5.74) is 2.43. The summed E-state index contributed by atoms with van der Waals surface area (Å²) < 4.78 is 23.5. The molecule has 0 bridgehead atoms. The number of carbonyl (C=O) groups is 1. The van der Waals surface area contributed by atoms with Crippen LogP contribution in [0, 0.1) is 5.82 Å². The lowest BCUT2D eigenvalue weighted by Gasteiger charge is -2.06. The maximum absolute atomic E-state index is 13.2. The molecule has 3 rings (SSSR count). The van der Waals surface area contributed by atoms with Crippen molar-refractivity contribution in [2.75, 3.05) is 7.11 Å². The lowest BCUT2D eigenvalue weighted by atomic mass is 9.98. The highest BCUT2D eigenvalue weighted by atomic mass is 19.1. The second-order valence-corrected chi connectivity index (χ2v) is 5.14. The Morgan fingerprint density at radius 2 is 1.75 bits per heavy atom. The van der Waals surface area contributed by atoms with E-state index in [9.17, 15) is 9.18 Å². The van der Waals surface area contributed by atoms with Crippen molar-refractivity contribution in [3.63, 3.8) is 0 Å². The lowest BCUT2D eigenvalue weighted by molar-refractivity contribution is -0.136. The van der Waals surface area contributed by atoms with Crippen LogP contribution in [0.15, 0.2) is 53.1 Å². The third-order valence-corrected chi connectivity index (χ3v) is 3.57. The van der Waals surface area contributed by atoms with Gasteiger partial charge in [-0.1, -0.05) is 17.3 Å². The van der Waals surface area contributed by atoms with E-state index in [0.29, 0.717) is 22.6 Å². The number of ether oxygens (including phenoxy) is 1. The molecule has 0 fully saturated rings. The van der Waals surface area contributed by atoms with Crippen molar-refractivity contribution >= 4 is 5.97 Å². The fourth-order valence-corrected chi connectivity index (χ4v) is 2.44. The van der Waals surface area contributed by atoms with Gasteiger partial charge in [0.2, 0.25) is 0 Å². The third-order valence-electron chi connectivity index (χ3n) is 3.57. The molecule has 24 heavy (non-hydrogen) atoms. The smallest absolute Gasteiger partial charge is 0.311 e. The molecule has 0 aliphatic heterocycles. The summed E-state index contributed by atoms with van der Waals surface area (Å²) in [7, 11) is 1.56.